The van der Waals surface area contributed by atoms with Crippen LogP contribution in [-0.4, -0.2) is 16.6 Å². The number of hydrazone groups is 1. The van der Waals surface area contributed by atoms with Gasteiger partial charge in [0.1, 0.15) is 11.6 Å². The van der Waals surface area contributed by atoms with Gasteiger partial charge in [0.25, 0.3) is 5.92 Å². The van der Waals surface area contributed by atoms with Gasteiger partial charge in [-0.05, 0) is 41.5 Å². The highest BCUT2D eigenvalue weighted by atomic mass is 19.3. The van der Waals surface area contributed by atoms with Crippen LogP contribution in [0.4, 0.5) is 23.2 Å². The topological polar surface area (TPSA) is 27.6 Å². The molecule has 3 aromatic rings. The summed E-state index contributed by atoms with van der Waals surface area (Å²) >= 11 is 0. The summed E-state index contributed by atoms with van der Waals surface area (Å²) in [5.74, 6) is -4.10. The highest BCUT2D eigenvalue weighted by Gasteiger charge is 2.42. The Balaban J connectivity index is 1.70. The molecule has 0 saturated carbocycles. The minimum absolute atomic E-state index is 0.234. The molecule has 5 rings (SSSR count). The van der Waals surface area contributed by atoms with Gasteiger partial charge in [-0.1, -0.05) is 61.7 Å². The van der Waals surface area contributed by atoms with Crippen molar-refractivity contribution in [1.29, 1.82) is 0 Å². The quantitative estimate of drug-likeness (QED) is 0.254. The van der Waals surface area contributed by atoms with Crippen LogP contribution in [0.15, 0.2) is 121 Å². The molecular formula is C31H25F4N3. The third kappa shape index (κ3) is 4.56. The van der Waals surface area contributed by atoms with E-state index < -0.39 is 29.9 Å². The molecule has 38 heavy (non-hydrogen) atoms. The minimum Gasteiger partial charge on any atom is -0.355 e. The van der Waals surface area contributed by atoms with Gasteiger partial charge >= 0.3 is 0 Å². The number of rotatable bonds is 7. The molecule has 0 aliphatic carbocycles. The summed E-state index contributed by atoms with van der Waals surface area (Å²) in [6.07, 6.45) is 0.768. The van der Waals surface area contributed by atoms with Crippen LogP contribution >= 0.6 is 0 Å². The maximum atomic E-state index is 15.0. The average molecular weight is 516 g/mol. The first-order valence-electron chi connectivity index (χ1n) is 12.1. The summed E-state index contributed by atoms with van der Waals surface area (Å²) in [5.41, 5.74) is 4.93. The van der Waals surface area contributed by atoms with E-state index in [0.717, 1.165) is 28.5 Å². The zero-order chi connectivity index (χ0) is 27.0. The molecule has 1 atom stereocenters. The molecule has 7 heteroatoms. The van der Waals surface area contributed by atoms with Crippen LogP contribution in [0, 0.1) is 11.6 Å². The zero-order valence-electron chi connectivity index (χ0n) is 20.5. The summed E-state index contributed by atoms with van der Waals surface area (Å²) in [6.45, 7) is 11.3. The number of allylic oxidation sites excluding steroid dienone is 3. The van der Waals surface area contributed by atoms with E-state index in [1.807, 2.05) is 24.3 Å². The maximum Gasteiger partial charge on any atom is 0.292 e. The fourth-order valence-electron chi connectivity index (χ4n) is 4.88. The third-order valence-electron chi connectivity index (χ3n) is 6.72. The number of para-hydroxylation sites is 1. The summed E-state index contributed by atoms with van der Waals surface area (Å²) < 4.78 is 57.6. The zero-order valence-corrected chi connectivity index (χ0v) is 20.5. The molecule has 0 radical (unpaired) electrons. The van der Waals surface area contributed by atoms with Crippen LogP contribution in [0.2, 0.25) is 0 Å². The van der Waals surface area contributed by atoms with Gasteiger partial charge < -0.3 is 5.32 Å². The van der Waals surface area contributed by atoms with Crippen molar-refractivity contribution >= 4 is 17.0 Å². The number of fused-ring (bicyclic) bond motifs is 1. The highest BCUT2D eigenvalue weighted by molar-refractivity contribution is 6.16. The summed E-state index contributed by atoms with van der Waals surface area (Å²) in [7, 11) is 0. The van der Waals surface area contributed by atoms with Gasteiger partial charge in [-0.2, -0.15) is 13.9 Å². The monoisotopic (exact) mass is 515 g/mol. The van der Waals surface area contributed by atoms with Crippen LogP contribution in [0.1, 0.15) is 35.6 Å². The molecule has 2 aliphatic heterocycles. The van der Waals surface area contributed by atoms with E-state index in [1.54, 1.807) is 24.3 Å². The second kappa shape index (κ2) is 9.82. The molecule has 0 bridgehead atoms. The van der Waals surface area contributed by atoms with Crippen LogP contribution < -0.4 is 5.32 Å². The Morgan fingerprint density at radius 1 is 0.974 bits per heavy atom. The predicted octanol–water partition coefficient (Wildman–Crippen LogP) is 8.23. The number of hydrogen-bond acceptors (Lipinski definition) is 3. The number of nitrogens with one attached hydrogen (secondary N) is 1. The Kier molecular flexibility index (Phi) is 6.53. The Bertz CT molecular complexity index is 1480. The van der Waals surface area contributed by atoms with Crippen molar-refractivity contribution in [2.75, 3.05) is 5.32 Å². The van der Waals surface area contributed by atoms with E-state index in [0.29, 0.717) is 22.5 Å². The van der Waals surface area contributed by atoms with Crippen molar-refractivity contribution in [3.8, 4) is 0 Å². The molecule has 0 spiro atoms. The van der Waals surface area contributed by atoms with Crippen molar-refractivity contribution in [2.45, 2.75) is 24.8 Å². The SMILES string of the molecule is C=CCC(F)(F)C(=C)N1N=C(C2=C(c3ccc(F)cc3)c3ccccc3NC2=C)CC1c1ccc(F)cc1. The standard InChI is InChI=1S/C31H25F4N3/c1-4-17-31(34,35)20(3)38-28(21-9-13-23(32)14-10-21)18-27(37-38)29-19(2)36-26-8-6-5-7-25(26)30(29)22-11-15-24(33)16-12-22/h4-16,28,36H,1-3,17-18H2. The van der Waals surface area contributed by atoms with Crippen LogP contribution in [0.3, 0.4) is 0 Å². The van der Waals surface area contributed by atoms with Crippen LogP contribution in [-0.2, 0) is 0 Å². The first-order valence-corrected chi connectivity index (χ1v) is 12.1. The smallest absolute Gasteiger partial charge is 0.292 e. The number of alkyl halides is 2. The molecular weight excluding hydrogens is 490 g/mol. The van der Waals surface area contributed by atoms with Gasteiger partial charge in [-0.25, -0.2) is 8.78 Å². The lowest BCUT2D eigenvalue weighted by atomic mass is 9.84. The molecule has 2 heterocycles. The predicted molar refractivity (Wildman–Crippen MR) is 144 cm³/mol. The average Bonchev–Trinajstić information content (AvgIpc) is 3.33. The molecule has 192 valence electrons. The Hall–Kier alpha value is -4.39. The minimum atomic E-state index is -3.29. The van der Waals surface area contributed by atoms with Gasteiger partial charge in [0.05, 0.1) is 17.5 Å². The molecule has 0 aromatic heterocycles. The molecule has 1 N–H and O–H groups in total. The summed E-state index contributed by atoms with van der Waals surface area (Å²) in [5, 5.41) is 9.18. The molecule has 2 aliphatic rings. The second-order valence-electron chi connectivity index (χ2n) is 9.21. The van der Waals surface area contributed by atoms with Gasteiger partial charge in [0.2, 0.25) is 0 Å². The molecule has 0 fully saturated rings. The number of benzene rings is 3. The lowest BCUT2D eigenvalue weighted by Crippen LogP contribution is -2.30. The first kappa shape index (κ1) is 25.3. The van der Waals surface area contributed by atoms with Crippen LogP contribution in [0.25, 0.3) is 5.57 Å². The van der Waals surface area contributed by atoms with E-state index in [1.165, 1.54) is 29.3 Å². The molecule has 0 saturated heterocycles. The second-order valence-corrected chi connectivity index (χ2v) is 9.21. The Morgan fingerprint density at radius 3 is 2.26 bits per heavy atom. The highest BCUT2D eigenvalue weighted by Crippen LogP contribution is 2.45. The van der Waals surface area contributed by atoms with Crippen molar-refractivity contribution in [3.63, 3.8) is 0 Å². The van der Waals surface area contributed by atoms with E-state index >= 15 is 8.78 Å². The Labute approximate surface area is 218 Å². The molecule has 3 aromatic carbocycles. The van der Waals surface area contributed by atoms with E-state index in [-0.39, 0.29) is 12.2 Å². The van der Waals surface area contributed by atoms with E-state index in [4.69, 9.17) is 0 Å². The Morgan fingerprint density at radius 2 is 1.61 bits per heavy atom. The summed E-state index contributed by atoms with van der Waals surface area (Å²) in [6, 6.07) is 18.7. The van der Waals surface area contributed by atoms with E-state index in [9.17, 15) is 8.78 Å². The third-order valence-corrected chi connectivity index (χ3v) is 6.72. The van der Waals surface area contributed by atoms with Gasteiger partial charge in [0, 0.05) is 40.9 Å². The van der Waals surface area contributed by atoms with Gasteiger partial charge in [-0.15, -0.1) is 6.58 Å². The lowest BCUT2D eigenvalue weighted by Gasteiger charge is -2.30. The fraction of sp³-hybridized carbons (Fsp3) is 0.129. The number of hydrogen-bond donors (Lipinski definition) is 1. The van der Waals surface area contributed by atoms with Crippen LogP contribution in [0.5, 0.6) is 0 Å². The van der Waals surface area contributed by atoms with Gasteiger partial charge in [0.15, 0.2) is 0 Å². The normalized spacial score (nSPS) is 17.2. The van der Waals surface area contributed by atoms with Gasteiger partial charge in [-0.3, -0.25) is 5.01 Å². The summed E-state index contributed by atoms with van der Waals surface area (Å²) in [4.78, 5) is 0. The molecule has 3 nitrogen and oxygen atoms in total. The van der Waals surface area contributed by atoms with E-state index in [2.05, 4.69) is 30.2 Å². The molecule has 1 unspecified atom stereocenters. The number of halogens is 4. The lowest BCUT2D eigenvalue weighted by molar-refractivity contribution is 0.00922. The fourth-order valence-corrected chi connectivity index (χ4v) is 4.88. The maximum absolute atomic E-state index is 15.0. The number of nitrogens with zero attached hydrogens (tertiary/aromatic N) is 2. The van der Waals surface area contributed by atoms with Crippen molar-refractivity contribution in [2.24, 2.45) is 5.10 Å². The largest absolute Gasteiger partial charge is 0.355 e. The first-order chi connectivity index (χ1) is 18.2. The number of anilines is 1. The van der Waals surface area contributed by atoms with Crippen molar-refractivity contribution in [1.82, 2.24) is 5.01 Å². The van der Waals surface area contributed by atoms with Crippen molar-refractivity contribution < 1.29 is 17.6 Å². The molecule has 0 amide bonds. The van der Waals surface area contributed by atoms with Crippen molar-refractivity contribution in [3.05, 3.63) is 144 Å².